The molecule has 4 nitrogen and oxygen atoms in total. The summed E-state index contributed by atoms with van der Waals surface area (Å²) in [5.41, 5.74) is 10.9. The quantitative estimate of drug-likeness (QED) is 0.285. The van der Waals surface area contributed by atoms with Crippen LogP contribution in [0.1, 0.15) is 19.4 Å². The summed E-state index contributed by atoms with van der Waals surface area (Å²) in [6, 6.07) is 8.28. The number of allylic oxidation sites excluding steroid dienone is 1. The van der Waals surface area contributed by atoms with Gasteiger partial charge in [0.25, 0.3) is 0 Å². The van der Waals surface area contributed by atoms with Gasteiger partial charge in [-0.3, -0.25) is 0 Å². The van der Waals surface area contributed by atoms with Gasteiger partial charge >= 0.3 is 25.2 Å². The Hall–Kier alpha value is -0.607. The molecule has 0 aliphatic heterocycles. The molecule has 0 fully saturated rings. The molecule has 0 amide bonds. The molecule has 8 heteroatoms. The normalized spacial score (nSPS) is 15.5. The molecule has 25 heavy (non-hydrogen) atoms. The molecule has 1 aromatic carbocycles. The van der Waals surface area contributed by atoms with E-state index >= 15 is 0 Å². The number of ether oxygens (including phenoxy) is 2. The number of benzene rings is 1. The molecule has 0 aromatic heterocycles. The Bertz CT molecular complexity index is 645. The van der Waals surface area contributed by atoms with Crippen molar-refractivity contribution in [3.63, 3.8) is 0 Å². The monoisotopic (exact) mass is 450 g/mol. The Kier molecular flexibility index (Phi) is 14.5. The molecule has 0 heterocycles. The predicted molar refractivity (Wildman–Crippen MR) is 88.9 cm³/mol. The second-order valence-electron chi connectivity index (χ2n) is 4.80. The van der Waals surface area contributed by atoms with Gasteiger partial charge in [0.15, 0.2) is 6.10 Å². The van der Waals surface area contributed by atoms with Crippen LogP contribution in [0.15, 0.2) is 52.0 Å². The summed E-state index contributed by atoms with van der Waals surface area (Å²) in [6.45, 7) is 7.00. The Labute approximate surface area is 178 Å². The first-order valence-corrected chi connectivity index (χ1v) is 8.13. The topological polar surface area (TPSA) is 54.9 Å². The number of thioether (sulfide) groups is 1. The molecule has 0 saturated heterocycles. The second kappa shape index (κ2) is 13.6. The standard InChI is InChI=1S/C17H20N2O2S.2ClH.Zn/c1-4-20-13-10-15(19-18)17(21-5-2)16(11-13)22-14-8-6-12(3)7-9-14;;;/h6-11,17H,4-5H2,1-3H3;2*1H;/q;;;+2/p-2. The third-order valence-corrected chi connectivity index (χ3v) is 4.19. The van der Waals surface area contributed by atoms with Gasteiger partial charge in [0, 0.05) is 16.4 Å². The van der Waals surface area contributed by atoms with Crippen molar-refractivity contribution in [3.8, 4) is 0 Å². The van der Waals surface area contributed by atoms with Crippen molar-refractivity contribution in [2.24, 2.45) is 0 Å². The van der Waals surface area contributed by atoms with Crippen molar-refractivity contribution in [2.75, 3.05) is 13.2 Å². The fraction of sp³-hybridized carbons (Fsp3) is 0.353. The van der Waals surface area contributed by atoms with Gasteiger partial charge in [-0.05, 0) is 39.0 Å². The van der Waals surface area contributed by atoms with E-state index in [1.54, 1.807) is 17.8 Å². The van der Waals surface area contributed by atoms with E-state index in [2.05, 4.69) is 36.0 Å². The summed E-state index contributed by atoms with van der Waals surface area (Å²) in [5.74, 6) is 0.681. The van der Waals surface area contributed by atoms with Crippen molar-refractivity contribution in [1.29, 1.82) is 0 Å². The minimum Gasteiger partial charge on any atom is -1.00 e. The zero-order valence-electron chi connectivity index (χ0n) is 14.5. The number of halogens is 2. The first kappa shape index (κ1) is 26.6. The number of aryl methyl sites for hydroxylation is 1. The summed E-state index contributed by atoms with van der Waals surface area (Å²) < 4.78 is 11.3. The van der Waals surface area contributed by atoms with Crippen molar-refractivity contribution < 1.29 is 58.6 Å². The Balaban J connectivity index is 0. The van der Waals surface area contributed by atoms with Crippen LogP contribution in [0, 0.1) is 6.92 Å². The van der Waals surface area contributed by atoms with E-state index in [-0.39, 0.29) is 50.4 Å². The smallest absolute Gasteiger partial charge is 1.00 e. The van der Waals surface area contributed by atoms with Gasteiger partial charge in [-0.2, -0.15) is 4.79 Å². The number of hydrogen-bond acceptors (Lipinski definition) is 3. The summed E-state index contributed by atoms with van der Waals surface area (Å²) >= 11 is 1.59. The summed E-state index contributed by atoms with van der Waals surface area (Å²) in [4.78, 5) is 5.42. The first-order chi connectivity index (χ1) is 10.7. The largest absolute Gasteiger partial charge is 2.00 e. The summed E-state index contributed by atoms with van der Waals surface area (Å²) in [6.07, 6.45) is 3.29. The average Bonchev–Trinajstić information content (AvgIpc) is 2.52. The van der Waals surface area contributed by atoms with Crippen LogP contribution in [-0.4, -0.2) is 29.8 Å². The Morgan fingerprint density at radius 2 is 1.72 bits per heavy atom. The van der Waals surface area contributed by atoms with Crippen molar-refractivity contribution in [3.05, 3.63) is 58.2 Å². The van der Waals surface area contributed by atoms with Gasteiger partial charge in [-0.15, -0.1) is 0 Å². The van der Waals surface area contributed by atoms with E-state index in [0.29, 0.717) is 24.7 Å². The van der Waals surface area contributed by atoms with Gasteiger partial charge in [-0.1, -0.05) is 29.5 Å². The van der Waals surface area contributed by atoms with Crippen LogP contribution >= 0.6 is 11.8 Å². The van der Waals surface area contributed by atoms with Crippen molar-refractivity contribution >= 4 is 17.5 Å². The van der Waals surface area contributed by atoms with Crippen molar-refractivity contribution in [1.82, 2.24) is 0 Å². The van der Waals surface area contributed by atoms with E-state index in [4.69, 9.17) is 9.47 Å². The zero-order chi connectivity index (χ0) is 15.9. The van der Waals surface area contributed by atoms with Crippen LogP contribution in [-0.2, 0) is 29.0 Å². The second-order valence-corrected chi connectivity index (χ2v) is 5.95. The fourth-order valence-corrected chi connectivity index (χ4v) is 3.13. The summed E-state index contributed by atoms with van der Waals surface area (Å²) in [7, 11) is 0. The van der Waals surface area contributed by atoms with E-state index in [1.807, 2.05) is 19.9 Å². The predicted octanol–water partition coefficient (Wildman–Crippen LogP) is -2.01. The van der Waals surface area contributed by atoms with Gasteiger partial charge in [0.1, 0.15) is 5.76 Å². The maximum atomic E-state index is 9.27. The number of nitrogens with zero attached hydrogens (tertiary/aromatic N) is 2. The molecule has 1 atom stereocenters. The Morgan fingerprint density at radius 3 is 2.24 bits per heavy atom. The van der Waals surface area contributed by atoms with E-state index < -0.39 is 0 Å². The molecule has 0 N–H and O–H groups in total. The zero-order valence-corrected chi connectivity index (χ0v) is 19.8. The minimum atomic E-state index is -0.370. The van der Waals surface area contributed by atoms with Gasteiger partial charge in [0.05, 0.1) is 12.7 Å². The minimum absolute atomic E-state index is 0. The Morgan fingerprint density at radius 1 is 1.08 bits per heavy atom. The molecular formula is C17H20Cl2N2O2SZn. The van der Waals surface area contributed by atoms with E-state index in [9.17, 15) is 5.53 Å². The molecule has 132 valence electrons. The maximum Gasteiger partial charge on any atom is 2.00 e. The van der Waals surface area contributed by atoms with Gasteiger partial charge in [-0.25, -0.2) is 0 Å². The van der Waals surface area contributed by atoms with Gasteiger partial charge < -0.3 is 39.8 Å². The molecular weight excluding hydrogens is 433 g/mol. The molecule has 0 bridgehead atoms. The van der Waals surface area contributed by atoms with Crippen molar-refractivity contribution in [2.45, 2.75) is 31.8 Å². The molecule has 2 rings (SSSR count). The molecule has 1 unspecified atom stereocenters. The molecule has 0 saturated carbocycles. The average molecular weight is 453 g/mol. The van der Waals surface area contributed by atoms with Crippen LogP contribution < -0.4 is 24.8 Å². The third kappa shape index (κ3) is 7.66. The third-order valence-electron chi connectivity index (χ3n) is 3.12. The van der Waals surface area contributed by atoms with Crippen LogP contribution in [0.3, 0.4) is 0 Å². The fourth-order valence-electron chi connectivity index (χ4n) is 2.12. The van der Waals surface area contributed by atoms with Crippen LogP contribution in [0.4, 0.5) is 0 Å². The SMILES string of the molecule is CCOC1=CC(=[N+]=[N-])C(OCC)C(Sc2ccc(C)cc2)=C1.[Cl-].[Cl-].[Zn+2]. The van der Waals surface area contributed by atoms with Crippen LogP contribution in [0.25, 0.3) is 5.53 Å². The van der Waals surface area contributed by atoms with E-state index in [0.717, 1.165) is 9.80 Å². The van der Waals surface area contributed by atoms with Crippen LogP contribution in [0.2, 0.25) is 0 Å². The van der Waals surface area contributed by atoms with Gasteiger partial charge in [0.2, 0.25) is 0 Å². The summed E-state index contributed by atoms with van der Waals surface area (Å²) in [5, 5.41) is 0. The molecule has 1 aromatic rings. The number of rotatable bonds is 6. The maximum absolute atomic E-state index is 9.27. The molecule has 0 radical (unpaired) electrons. The first-order valence-electron chi connectivity index (χ1n) is 7.32. The molecule has 1 aliphatic rings. The van der Waals surface area contributed by atoms with Crippen LogP contribution in [0.5, 0.6) is 0 Å². The van der Waals surface area contributed by atoms with E-state index in [1.165, 1.54) is 5.56 Å². The number of hydrogen-bond donors (Lipinski definition) is 0. The molecule has 1 aliphatic carbocycles. The molecule has 0 spiro atoms.